The van der Waals surface area contributed by atoms with E-state index in [0.29, 0.717) is 6.04 Å². The van der Waals surface area contributed by atoms with Crippen LogP contribution in [0.15, 0.2) is 42.5 Å². The zero-order chi connectivity index (χ0) is 15.3. The molecular weight excluding hydrogens is 298 g/mol. The van der Waals surface area contributed by atoms with Crippen LogP contribution < -0.4 is 5.32 Å². The summed E-state index contributed by atoms with van der Waals surface area (Å²) in [5, 5.41) is 3.73. The van der Waals surface area contributed by atoms with Crippen LogP contribution >= 0.6 is 22.9 Å². The molecule has 0 saturated carbocycles. The minimum atomic E-state index is 0.0763. The highest BCUT2D eigenvalue weighted by molar-refractivity contribution is 7.16. The van der Waals surface area contributed by atoms with Gasteiger partial charge in [0.25, 0.3) is 0 Å². The molecule has 1 heterocycles. The third-order valence-electron chi connectivity index (χ3n) is 4.06. The molecule has 0 radical (unpaired) electrons. The molecule has 0 amide bonds. The number of hydrogen-bond donors (Lipinski definition) is 1. The van der Waals surface area contributed by atoms with E-state index in [2.05, 4.69) is 62.5 Å². The highest BCUT2D eigenvalue weighted by atomic mass is 35.5. The maximum Gasteiger partial charge on any atom is 0.0931 e. The SMILES string of the molecule is CCCNC(Cc1ccc(Cl)s1)C(C)(C)c1ccccc1. The van der Waals surface area contributed by atoms with Gasteiger partial charge in [0.05, 0.1) is 4.34 Å². The minimum absolute atomic E-state index is 0.0763. The van der Waals surface area contributed by atoms with Gasteiger partial charge in [0.2, 0.25) is 0 Å². The number of benzene rings is 1. The molecule has 2 aromatic rings. The zero-order valence-corrected chi connectivity index (χ0v) is 14.6. The Bertz CT molecular complexity index is 547. The lowest BCUT2D eigenvalue weighted by Gasteiger charge is -2.36. The van der Waals surface area contributed by atoms with E-state index in [-0.39, 0.29) is 5.41 Å². The summed E-state index contributed by atoms with van der Waals surface area (Å²) in [7, 11) is 0. The summed E-state index contributed by atoms with van der Waals surface area (Å²) in [5.41, 5.74) is 1.45. The fraction of sp³-hybridized carbons (Fsp3) is 0.444. The van der Waals surface area contributed by atoms with Gasteiger partial charge in [0, 0.05) is 16.3 Å². The third-order valence-corrected chi connectivity index (χ3v) is 5.32. The molecular formula is C18H24ClNS. The molecule has 1 aromatic heterocycles. The predicted octanol–water partition coefficient (Wildman–Crippen LogP) is 5.29. The fourth-order valence-electron chi connectivity index (χ4n) is 2.63. The van der Waals surface area contributed by atoms with Gasteiger partial charge in [0.15, 0.2) is 0 Å². The van der Waals surface area contributed by atoms with E-state index in [0.717, 1.165) is 23.7 Å². The number of nitrogens with one attached hydrogen (secondary N) is 1. The van der Waals surface area contributed by atoms with E-state index < -0.39 is 0 Å². The molecule has 1 unspecified atom stereocenters. The Morgan fingerprint density at radius 1 is 1.14 bits per heavy atom. The monoisotopic (exact) mass is 321 g/mol. The van der Waals surface area contributed by atoms with Gasteiger partial charge in [-0.05, 0) is 37.1 Å². The van der Waals surface area contributed by atoms with Gasteiger partial charge in [-0.15, -0.1) is 11.3 Å². The van der Waals surface area contributed by atoms with Crippen molar-refractivity contribution in [3.8, 4) is 0 Å². The summed E-state index contributed by atoms with van der Waals surface area (Å²) < 4.78 is 0.872. The molecule has 0 aliphatic rings. The maximum absolute atomic E-state index is 6.08. The fourth-order valence-corrected chi connectivity index (χ4v) is 3.77. The van der Waals surface area contributed by atoms with Crippen LogP contribution in [0.4, 0.5) is 0 Å². The molecule has 3 heteroatoms. The van der Waals surface area contributed by atoms with E-state index in [1.807, 2.05) is 6.07 Å². The first-order chi connectivity index (χ1) is 10.0. The van der Waals surface area contributed by atoms with Gasteiger partial charge < -0.3 is 5.32 Å². The van der Waals surface area contributed by atoms with Crippen LogP contribution in [0.3, 0.4) is 0 Å². The topological polar surface area (TPSA) is 12.0 Å². The molecule has 0 bridgehead atoms. The first-order valence-electron chi connectivity index (χ1n) is 7.57. The Balaban J connectivity index is 2.21. The van der Waals surface area contributed by atoms with Gasteiger partial charge in [-0.3, -0.25) is 0 Å². The van der Waals surface area contributed by atoms with Crippen molar-refractivity contribution in [2.75, 3.05) is 6.54 Å². The summed E-state index contributed by atoms with van der Waals surface area (Å²) in [4.78, 5) is 1.35. The van der Waals surface area contributed by atoms with Gasteiger partial charge in [0.1, 0.15) is 0 Å². The molecule has 21 heavy (non-hydrogen) atoms. The van der Waals surface area contributed by atoms with Gasteiger partial charge in [-0.2, -0.15) is 0 Å². The second kappa shape index (κ2) is 7.44. The van der Waals surface area contributed by atoms with Crippen molar-refractivity contribution in [2.45, 2.75) is 45.1 Å². The van der Waals surface area contributed by atoms with Crippen LogP contribution in [0.2, 0.25) is 4.34 Å². The Kier molecular flexibility index (Phi) is 5.86. The lowest BCUT2D eigenvalue weighted by Crippen LogP contribution is -2.46. The summed E-state index contributed by atoms with van der Waals surface area (Å²) in [6.45, 7) is 7.90. The predicted molar refractivity (Wildman–Crippen MR) is 94.6 cm³/mol. The third kappa shape index (κ3) is 4.32. The first-order valence-corrected chi connectivity index (χ1v) is 8.76. The molecule has 1 nitrogen and oxygen atoms in total. The Morgan fingerprint density at radius 2 is 1.86 bits per heavy atom. The zero-order valence-electron chi connectivity index (χ0n) is 13.0. The van der Waals surface area contributed by atoms with Crippen LogP contribution in [0.1, 0.15) is 37.6 Å². The quantitative estimate of drug-likeness (QED) is 0.730. The number of halogens is 1. The maximum atomic E-state index is 6.08. The van der Waals surface area contributed by atoms with E-state index in [1.54, 1.807) is 11.3 Å². The smallest absolute Gasteiger partial charge is 0.0931 e. The standard InChI is InChI=1S/C18H24ClNS/c1-4-12-20-16(13-15-10-11-17(19)21-15)18(2,3)14-8-6-5-7-9-14/h5-11,16,20H,4,12-13H2,1-3H3. The van der Waals surface area contributed by atoms with E-state index >= 15 is 0 Å². The Hall–Kier alpha value is -0.830. The summed E-state index contributed by atoms with van der Waals surface area (Å²) >= 11 is 7.76. The van der Waals surface area contributed by atoms with Gasteiger partial charge in [-0.25, -0.2) is 0 Å². The van der Waals surface area contributed by atoms with Crippen molar-refractivity contribution >= 4 is 22.9 Å². The number of rotatable bonds is 7. The largest absolute Gasteiger partial charge is 0.313 e. The van der Waals surface area contributed by atoms with Crippen molar-refractivity contribution in [1.29, 1.82) is 0 Å². The number of hydrogen-bond acceptors (Lipinski definition) is 2. The molecule has 0 aliphatic heterocycles. The lowest BCUT2D eigenvalue weighted by atomic mass is 9.76. The molecule has 114 valence electrons. The van der Waals surface area contributed by atoms with Crippen LogP contribution in [-0.2, 0) is 11.8 Å². The van der Waals surface area contributed by atoms with Crippen molar-refractivity contribution < 1.29 is 0 Å². The summed E-state index contributed by atoms with van der Waals surface area (Å²) in [6, 6.07) is 15.3. The average Bonchev–Trinajstić information content (AvgIpc) is 2.89. The summed E-state index contributed by atoms with van der Waals surface area (Å²) in [6.07, 6.45) is 2.16. The highest BCUT2D eigenvalue weighted by Crippen LogP contribution is 2.31. The van der Waals surface area contributed by atoms with Crippen LogP contribution in [0.25, 0.3) is 0 Å². The molecule has 2 rings (SSSR count). The molecule has 1 atom stereocenters. The molecule has 1 N–H and O–H groups in total. The van der Waals surface area contributed by atoms with Crippen molar-refractivity contribution in [2.24, 2.45) is 0 Å². The van der Waals surface area contributed by atoms with E-state index in [9.17, 15) is 0 Å². The molecule has 1 aromatic carbocycles. The molecule has 0 saturated heterocycles. The second-order valence-electron chi connectivity index (χ2n) is 6.00. The number of thiophene rings is 1. The minimum Gasteiger partial charge on any atom is -0.313 e. The van der Waals surface area contributed by atoms with E-state index in [1.165, 1.54) is 10.4 Å². The van der Waals surface area contributed by atoms with Crippen LogP contribution in [0.5, 0.6) is 0 Å². The van der Waals surface area contributed by atoms with Crippen molar-refractivity contribution in [1.82, 2.24) is 5.32 Å². The van der Waals surface area contributed by atoms with Crippen LogP contribution in [0, 0.1) is 0 Å². The normalized spacial score (nSPS) is 13.3. The lowest BCUT2D eigenvalue weighted by molar-refractivity contribution is 0.339. The first kappa shape index (κ1) is 16.5. The summed E-state index contributed by atoms with van der Waals surface area (Å²) in [5.74, 6) is 0. The van der Waals surface area contributed by atoms with Gasteiger partial charge in [-0.1, -0.05) is 62.7 Å². The molecule has 0 fully saturated rings. The Labute approximate surface area is 137 Å². The molecule has 0 aliphatic carbocycles. The van der Waals surface area contributed by atoms with Crippen molar-refractivity contribution in [3.05, 3.63) is 57.2 Å². The van der Waals surface area contributed by atoms with Crippen LogP contribution in [-0.4, -0.2) is 12.6 Å². The Morgan fingerprint density at radius 3 is 2.43 bits per heavy atom. The molecule has 0 spiro atoms. The highest BCUT2D eigenvalue weighted by Gasteiger charge is 2.31. The average molecular weight is 322 g/mol. The van der Waals surface area contributed by atoms with Crippen molar-refractivity contribution in [3.63, 3.8) is 0 Å². The second-order valence-corrected chi connectivity index (χ2v) is 7.80. The van der Waals surface area contributed by atoms with Gasteiger partial charge >= 0.3 is 0 Å². The van der Waals surface area contributed by atoms with E-state index in [4.69, 9.17) is 11.6 Å².